The zero-order valence-electron chi connectivity index (χ0n) is 8.12. The molecule has 0 aliphatic heterocycles. The van der Waals surface area contributed by atoms with E-state index in [1.165, 1.54) is 0 Å². The topological polar surface area (TPSA) is 64.3 Å². The lowest BCUT2D eigenvalue weighted by atomic mass is 10.1. The molecule has 0 aliphatic carbocycles. The highest BCUT2D eigenvalue weighted by Crippen LogP contribution is 2.03. The van der Waals surface area contributed by atoms with Gasteiger partial charge >= 0.3 is 0 Å². The molecule has 1 rings (SSSR count). The van der Waals surface area contributed by atoms with Gasteiger partial charge in [0.25, 0.3) is 5.91 Å². The minimum absolute atomic E-state index is 0.106. The van der Waals surface area contributed by atoms with Crippen molar-refractivity contribution in [2.75, 3.05) is 13.2 Å². The van der Waals surface area contributed by atoms with E-state index in [0.29, 0.717) is 18.7 Å². The number of rotatable bonds is 4. The van der Waals surface area contributed by atoms with Crippen LogP contribution < -0.4 is 11.2 Å². The second-order valence-corrected chi connectivity index (χ2v) is 3.00. The zero-order chi connectivity index (χ0) is 10.4. The van der Waals surface area contributed by atoms with Crippen LogP contribution in [0.5, 0.6) is 0 Å². The van der Waals surface area contributed by atoms with Crippen LogP contribution in [0.2, 0.25) is 0 Å². The molecule has 4 nitrogen and oxygen atoms in total. The molecule has 0 fully saturated rings. The fourth-order valence-corrected chi connectivity index (χ4v) is 1.11. The first kappa shape index (κ1) is 10.7. The molecule has 0 saturated carbocycles. The molecule has 14 heavy (non-hydrogen) atoms. The summed E-state index contributed by atoms with van der Waals surface area (Å²) < 4.78 is 0. The number of benzene rings is 1. The first-order valence-electron chi connectivity index (χ1n) is 4.40. The molecule has 1 aromatic rings. The van der Waals surface area contributed by atoms with Crippen LogP contribution in [-0.4, -0.2) is 19.1 Å². The van der Waals surface area contributed by atoms with E-state index in [2.05, 4.69) is 10.2 Å². The van der Waals surface area contributed by atoms with Gasteiger partial charge in [0, 0.05) is 12.1 Å². The van der Waals surface area contributed by atoms with Gasteiger partial charge in [0.15, 0.2) is 0 Å². The average molecular weight is 194 g/mol. The molecule has 0 aliphatic rings. The number of carbonyl (C=O) groups is 1. The monoisotopic (exact) mass is 194 g/mol. The number of nitrogens with one attached hydrogen (secondary N) is 1. The van der Waals surface area contributed by atoms with Gasteiger partial charge in [0.05, 0.1) is 6.61 Å². The van der Waals surface area contributed by atoms with Gasteiger partial charge in [0.2, 0.25) is 0 Å². The van der Waals surface area contributed by atoms with Crippen LogP contribution in [0.4, 0.5) is 0 Å². The second kappa shape index (κ2) is 5.36. The number of hydrogen-bond acceptors (Lipinski definition) is 3. The Morgan fingerprint density at radius 3 is 3.00 bits per heavy atom. The van der Waals surface area contributed by atoms with Crippen LogP contribution in [-0.2, 0) is 4.84 Å². The summed E-state index contributed by atoms with van der Waals surface area (Å²) in [5.74, 6) is 4.72. The molecule has 1 amide bonds. The van der Waals surface area contributed by atoms with Crippen molar-refractivity contribution in [3.63, 3.8) is 0 Å². The minimum atomic E-state index is -0.106. The van der Waals surface area contributed by atoms with Gasteiger partial charge < -0.3 is 10.2 Å². The van der Waals surface area contributed by atoms with Crippen molar-refractivity contribution in [3.05, 3.63) is 35.4 Å². The molecular weight excluding hydrogens is 180 g/mol. The highest BCUT2D eigenvalue weighted by molar-refractivity contribution is 5.94. The Morgan fingerprint density at radius 2 is 2.36 bits per heavy atom. The van der Waals surface area contributed by atoms with Crippen molar-refractivity contribution >= 4 is 5.91 Å². The fourth-order valence-electron chi connectivity index (χ4n) is 1.11. The lowest BCUT2D eigenvalue weighted by molar-refractivity contribution is 0.0917. The van der Waals surface area contributed by atoms with Crippen molar-refractivity contribution in [3.8, 4) is 0 Å². The van der Waals surface area contributed by atoms with Crippen molar-refractivity contribution in [1.29, 1.82) is 0 Å². The molecule has 0 saturated heterocycles. The summed E-state index contributed by atoms with van der Waals surface area (Å²) in [5, 5.41) is 2.68. The third-order valence-corrected chi connectivity index (χ3v) is 1.79. The summed E-state index contributed by atoms with van der Waals surface area (Å²) in [4.78, 5) is 15.8. The quantitative estimate of drug-likeness (QED) is 0.545. The first-order chi connectivity index (χ1) is 6.74. The smallest absolute Gasteiger partial charge is 0.251 e. The lowest BCUT2D eigenvalue weighted by Crippen LogP contribution is -2.28. The molecule has 1 aromatic carbocycles. The summed E-state index contributed by atoms with van der Waals surface area (Å²) in [7, 11) is 0. The van der Waals surface area contributed by atoms with Crippen molar-refractivity contribution in [1.82, 2.24) is 5.32 Å². The van der Waals surface area contributed by atoms with Crippen molar-refractivity contribution in [2.24, 2.45) is 5.90 Å². The lowest BCUT2D eigenvalue weighted by Gasteiger charge is -2.04. The van der Waals surface area contributed by atoms with Crippen LogP contribution >= 0.6 is 0 Å². The van der Waals surface area contributed by atoms with Gasteiger partial charge in [-0.1, -0.05) is 17.7 Å². The zero-order valence-corrected chi connectivity index (χ0v) is 8.12. The molecule has 0 atom stereocenters. The van der Waals surface area contributed by atoms with Gasteiger partial charge in [-0.05, 0) is 19.1 Å². The van der Waals surface area contributed by atoms with Crippen LogP contribution in [0.3, 0.4) is 0 Å². The molecule has 0 unspecified atom stereocenters. The molecule has 0 aromatic heterocycles. The molecule has 0 heterocycles. The summed E-state index contributed by atoms with van der Waals surface area (Å²) in [5.41, 5.74) is 1.72. The van der Waals surface area contributed by atoms with E-state index < -0.39 is 0 Å². The Balaban J connectivity index is 2.52. The Morgan fingerprint density at radius 1 is 1.57 bits per heavy atom. The van der Waals surface area contributed by atoms with Gasteiger partial charge in [-0.2, -0.15) is 0 Å². The van der Waals surface area contributed by atoms with Gasteiger partial charge in [0.1, 0.15) is 0 Å². The van der Waals surface area contributed by atoms with Gasteiger partial charge in [-0.25, -0.2) is 5.90 Å². The molecular formula is C10H14N2O2. The van der Waals surface area contributed by atoms with E-state index in [9.17, 15) is 4.79 Å². The maximum absolute atomic E-state index is 11.5. The van der Waals surface area contributed by atoms with E-state index in [4.69, 9.17) is 5.90 Å². The van der Waals surface area contributed by atoms with Gasteiger partial charge in [-0.15, -0.1) is 0 Å². The number of amides is 1. The SMILES string of the molecule is Cc1cccc(C(=O)NCCON)c1. The maximum Gasteiger partial charge on any atom is 0.251 e. The molecule has 0 radical (unpaired) electrons. The van der Waals surface area contributed by atoms with Gasteiger partial charge in [-0.3, -0.25) is 4.79 Å². The van der Waals surface area contributed by atoms with E-state index in [0.717, 1.165) is 5.56 Å². The largest absolute Gasteiger partial charge is 0.350 e. The van der Waals surface area contributed by atoms with E-state index in [1.807, 2.05) is 25.1 Å². The third-order valence-electron chi connectivity index (χ3n) is 1.79. The molecule has 4 heteroatoms. The van der Waals surface area contributed by atoms with Crippen LogP contribution in [0, 0.1) is 6.92 Å². The van der Waals surface area contributed by atoms with Crippen LogP contribution in [0.1, 0.15) is 15.9 Å². The Bertz CT molecular complexity index is 313. The molecule has 0 bridgehead atoms. The standard InChI is InChI=1S/C10H14N2O2/c1-8-3-2-4-9(7-8)10(13)12-5-6-14-11/h2-4,7H,5-6,11H2,1H3,(H,12,13). The normalized spacial score (nSPS) is 9.86. The van der Waals surface area contributed by atoms with Crippen molar-refractivity contribution in [2.45, 2.75) is 6.92 Å². The Hall–Kier alpha value is -1.39. The maximum atomic E-state index is 11.5. The highest BCUT2D eigenvalue weighted by Gasteiger charge is 2.03. The van der Waals surface area contributed by atoms with Crippen LogP contribution in [0.15, 0.2) is 24.3 Å². The Kier molecular flexibility index (Phi) is 4.10. The number of nitrogens with two attached hydrogens (primary N) is 1. The second-order valence-electron chi connectivity index (χ2n) is 3.00. The minimum Gasteiger partial charge on any atom is -0.350 e. The number of aryl methyl sites for hydroxylation is 1. The predicted molar refractivity (Wildman–Crippen MR) is 53.7 cm³/mol. The summed E-state index contributed by atoms with van der Waals surface area (Å²) in [6.45, 7) is 2.68. The predicted octanol–water partition coefficient (Wildman–Crippen LogP) is 0.615. The third kappa shape index (κ3) is 3.16. The van der Waals surface area contributed by atoms with E-state index in [-0.39, 0.29) is 5.91 Å². The van der Waals surface area contributed by atoms with E-state index >= 15 is 0 Å². The van der Waals surface area contributed by atoms with E-state index in [1.54, 1.807) is 6.07 Å². The summed E-state index contributed by atoms with van der Waals surface area (Å²) >= 11 is 0. The average Bonchev–Trinajstić information content (AvgIpc) is 2.18. The molecule has 76 valence electrons. The summed E-state index contributed by atoms with van der Waals surface area (Å²) in [6, 6.07) is 7.40. The highest BCUT2D eigenvalue weighted by atomic mass is 16.6. The molecule has 0 spiro atoms. The van der Waals surface area contributed by atoms with Crippen LogP contribution in [0.25, 0.3) is 0 Å². The number of hydrogen-bond donors (Lipinski definition) is 2. The fraction of sp³-hybridized carbons (Fsp3) is 0.300. The Labute approximate surface area is 83.0 Å². The first-order valence-corrected chi connectivity index (χ1v) is 4.40. The van der Waals surface area contributed by atoms with Crippen molar-refractivity contribution < 1.29 is 9.63 Å². The summed E-state index contributed by atoms with van der Waals surface area (Å²) in [6.07, 6.45) is 0. The molecule has 3 N–H and O–H groups in total. The number of carbonyl (C=O) groups excluding carboxylic acids is 1.